The minimum atomic E-state index is -0.194. The average Bonchev–Trinajstić information content (AvgIpc) is 2.29. The molecular weight excluding hydrogens is 205 g/mol. The highest BCUT2D eigenvalue weighted by molar-refractivity contribution is 5.29. The summed E-state index contributed by atoms with van der Waals surface area (Å²) >= 11 is 0. The third kappa shape index (κ3) is 2.42. The number of ether oxygens (including phenoxy) is 1. The molecule has 2 N–H and O–H groups in total. The minimum Gasteiger partial charge on any atom is -0.381 e. The first kappa shape index (κ1) is 11.6. The van der Waals surface area contributed by atoms with E-state index in [9.17, 15) is 4.39 Å². The lowest BCUT2D eigenvalue weighted by Crippen LogP contribution is -2.28. The molecule has 1 fully saturated rings. The van der Waals surface area contributed by atoms with Crippen LogP contribution in [0.25, 0.3) is 0 Å². The molecule has 0 radical (unpaired) electrons. The van der Waals surface area contributed by atoms with Gasteiger partial charge in [0.1, 0.15) is 5.82 Å². The number of nitrogens with two attached hydrogens (primary N) is 1. The van der Waals surface area contributed by atoms with Crippen LogP contribution < -0.4 is 5.73 Å². The van der Waals surface area contributed by atoms with Crippen molar-refractivity contribution < 1.29 is 9.13 Å². The third-order valence-electron chi connectivity index (χ3n) is 3.36. The van der Waals surface area contributed by atoms with Crippen LogP contribution in [0.2, 0.25) is 0 Å². The Kier molecular flexibility index (Phi) is 3.56. The molecule has 1 aliphatic heterocycles. The summed E-state index contributed by atoms with van der Waals surface area (Å²) in [6.07, 6.45) is 2.00. The van der Waals surface area contributed by atoms with Crippen molar-refractivity contribution in [2.45, 2.75) is 25.8 Å². The number of hydrogen-bond donors (Lipinski definition) is 1. The van der Waals surface area contributed by atoms with Gasteiger partial charge in [-0.15, -0.1) is 0 Å². The molecule has 1 aliphatic rings. The molecule has 0 unspecified atom stereocenters. The first-order valence-corrected chi connectivity index (χ1v) is 5.78. The van der Waals surface area contributed by atoms with E-state index in [-0.39, 0.29) is 11.9 Å². The lowest BCUT2D eigenvalue weighted by atomic mass is 9.86. The van der Waals surface area contributed by atoms with Crippen molar-refractivity contribution in [3.8, 4) is 0 Å². The molecule has 2 rings (SSSR count). The van der Waals surface area contributed by atoms with Crippen molar-refractivity contribution in [2.75, 3.05) is 13.2 Å². The summed E-state index contributed by atoms with van der Waals surface area (Å²) in [4.78, 5) is 0. The maximum atomic E-state index is 13.0. The van der Waals surface area contributed by atoms with E-state index < -0.39 is 0 Å². The van der Waals surface area contributed by atoms with E-state index in [0.717, 1.165) is 37.2 Å². The van der Waals surface area contributed by atoms with Gasteiger partial charge in [-0.2, -0.15) is 0 Å². The molecule has 0 spiro atoms. The molecule has 0 amide bonds. The highest BCUT2D eigenvalue weighted by Crippen LogP contribution is 2.29. The Balaban J connectivity index is 2.15. The van der Waals surface area contributed by atoms with Crippen molar-refractivity contribution in [2.24, 2.45) is 11.7 Å². The van der Waals surface area contributed by atoms with Crippen molar-refractivity contribution >= 4 is 0 Å². The van der Waals surface area contributed by atoms with Gasteiger partial charge in [-0.1, -0.05) is 6.07 Å². The van der Waals surface area contributed by atoms with Crippen LogP contribution in [0.3, 0.4) is 0 Å². The normalized spacial score (nSPS) is 19.7. The van der Waals surface area contributed by atoms with E-state index in [4.69, 9.17) is 10.5 Å². The van der Waals surface area contributed by atoms with Crippen LogP contribution in [-0.2, 0) is 4.74 Å². The Morgan fingerprint density at radius 2 is 2.06 bits per heavy atom. The number of rotatable bonds is 2. The average molecular weight is 223 g/mol. The second-order valence-electron chi connectivity index (χ2n) is 4.48. The van der Waals surface area contributed by atoms with Crippen LogP contribution in [0, 0.1) is 18.7 Å². The van der Waals surface area contributed by atoms with E-state index in [1.54, 1.807) is 6.07 Å². The molecule has 1 atom stereocenters. The molecular formula is C13H18FNO. The molecule has 0 aliphatic carbocycles. The first-order chi connectivity index (χ1) is 7.68. The summed E-state index contributed by atoms with van der Waals surface area (Å²) in [6, 6.07) is 4.85. The fourth-order valence-electron chi connectivity index (χ4n) is 2.34. The zero-order chi connectivity index (χ0) is 11.5. The van der Waals surface area contributed by atoms with Crippen LogP contribution in [0.4, 0.5) is 4.39 Å². The van der Waals surface area contributed by atoms with E-state index in [0.29, 0.717) is 5.92 Å². The SMILES string of the molecule is Cc1cc(F)ccc1[C@H](N)C1CCOCC1. The Morgan fingerprint density at radius 1 is 1.38 bits per heavy atom. The molecule has 16 heavy (non-hydrogen) atoms. The van der Waals surface area contributed by atoms with Gasteiger partial charge in [0, 0.05) is 19.3 Å². The first-order valence-electron chi connectivity index (χ1n) is 5.78. The number of aryl methyl sites for hydroxylation is 1. The molecule has 2 nitrogen and oxygen atoms in total. The Bertz CT molecular complexity index is 361. The molecule has 1 saturated heterocycles. The third-order valence-corrected chi connectivity index (χ3v) is 3.36. The number of halogens is 1. The van der Waals surface area contributed by atoms with Crippen molar-refractivity contribution in [3.63, 3.8) is 0 Å². The van der Waals surface area contributed by atoms with Crippen LogP contribution in [0.1, 0.15) is 30.0 Å². The zero-order valence-corrected chi connectivity index (χ0v) is 9.58. The van der Waals surface area contributed by atoms with Crippen LogP contribution in [-0.4, -0.2) is 13.2 Å². The van der Waals surface area contributed by atoms with Crippen LogP contribution >= 0.6 is 0 Å². The lowest BCUT2D eigenvalue weighted by molar-refractivity contribution is 0.0583. The maximum Gasteiger partial charge on any atom is 0.123 e. The highest BCUT2D eigenvalue weighted by atomic mass is 19.1. The largest absolute Gasteiger partial charge is 0.381 e. The molecule has 3 heteroatoms. The van der Waals surface area contributed by atoms with Crippen molar-refractivity contribution in [1.29, 1.82) is 0 Å². The highest BCUT2D eigenvalue weighted by Gasteiger charge is 2.23. The molecule has 0 bridgehead atoms. The molecule has 1 aromatic carbocycles. The predicted octanol–water partition coefficient (Wildman–Crippen LogP) is 2.56. The van der Waals surface area contributed by atoms with Crippen LogP contribution in [0.5, 0.6) is 0 Å². The lowest BCUT2D eigenvalue weighted by Gasteiger charge is -2.28. The quantitative estimate of drug-likeness (QED) is 0.836. The van der Waals surface area contributed by atoms with Gasteiger partial charge in [-0.25, -0.2) is 4.39 Å². The summed E-state index contributed by atoms with van der Waals surface area (Å²) in [5.74, 6) is 0.262. The summed E-state index contributed by atoms with van der Waals surface area (Å²) in [5, 5.41) is 0. The van der Waals surface area contributed by atoms with Gasteiger partial charge in [-0.3, -0.25) is 0 Å². The molecule has 1 aromatic rings. The number of hydrogen-bond acceptors (Lipinski definition) is 2. The van der Waals surface area contributed by atoms with Crippen molar-refractivity contribution in [3.05, 3.63) is 35.1 Å². The fourth-order valence-corrected chi connectivity index (χ4v) is 2.34. The monoisotopic (exact) mass is 223 g/mol. The minimum absolute atomic E-state index is 0.00417. The topological polar surface area (TPSA) is 35.2 Å². The molecule has 1 heterocycles. The molecule has 0 aromatic heterocycles. The van der Waals surface area contributed by atoms with Gasteiger partial charge in [0.25, 0.3) is 0 Å². The molecule has 0 saturated carbocycles. The number of benzene rings is 1. The van der Waals surface area contributed by atoms with Crippen molar-refractivity contribution in [1.82, 2.24) is 0 Å². The summed E-state index contributed by atoms with van der Waals surface area (Å²) in [7, 11) is 0. The van der Waals surface area contributed by atoms with Gasteiger partial charge in [0.05, 0.1) is 0 Å². The van der Waals surface area contributed by atoms with E-state index >= 15 is 0 Å². The second-order valence-corrected chi connectivity index (χ2v) is 4.48. The summed E-state index contributed by atoms with van der Waals surface area (Å²) in [6.45, 7) is 3.49. The van der Waals surface area contributed by atoms with Crippen LogP contribution in [0.15, 0.2) is 18.2 Å². The Hall–Kier alpha value is -0.930. The molecule has 88 valence electrons. The van der Waals surface area contributed by atoms with E-state index in [2.05, 4.69) is 0 Å². The zero-order valence-electron chi connectivity index (χ0n) is 9.58. The van der Waals surface area contributed by atoms with Gasteiger partial charge in [-0.05, 0) is 48.9 Å². The Morgan fingerprint density at radius 3 is 2.69 bits per heavy atom. The predicted molar refractivity (Wildman–Crippen MR) is 61.6 cm³/mol. The fraction of sp³-hybridized carbons (Fsp3) is 0.538. The smallest absolute Gasteiger partial charge is 0.123 e. The summed E-state index contributed by atoms with van der Waals surface area (Å²) < 4.78 is 18.3. The van der Waals surface area contributed by atoms with Gasteiger partial charge < -0.3 is 10.5 Å². The second kappa shape index (κ2) is 4.93. The standard InChI is InChI=1S/C13H18FNO/c1-9-8-11(14)2-3-12(9)13(15)10-4-6-16-7-5-10/h2-3,8,10,13H,4-7,15H2,1H3/t13-/m1/s1. The van der Waals surface area contributed by atoms with E-state index in [1.165, 1.54) is 6.07 Å². The van der Waals surface area contributed by atoms with Gasteiger partial charge >= 0.3 is 0 Å². The maximum absolute atomic E-state index is 13.0. The van der Waals surface area contributed by atoms with Gasteiger partial charge in [0.2, 0.25) is 0 Å². The Labute approximate surface area is 95.6 Å². The van der Waals surface area contributed by atoms with Gasteiger partial charge in [0.15, 0.2) is 0 Å². The summed E-state index contributed by atoms with van der Waals surface area (Å²) in [5.41, 5.74) is 8.25. The van der Waals surface area contributed by atoms with E-state index in [1.807, 2.05) is 13.0 Å².